The van der Waals surface area contributed by atoms with Gasteiger partial charge >= 0.3 is 0 Å². The van der Waals surface area contributed by atoms with Gasteiger partial charge < -0.3 is 10.2 Å². The van der Waals surface area contributed by atoms with Gasteiger partial charge in [-0.25, -0.2) is 0 Å². The van der Waals surface area contributed by atoms with Crippen LogP contribution in [-0.2, 0) is 4.79 Å². The summed E-state index contributed by atoms with van der Waals surface area (Å²) in [6, 6.07) is 3.43. The van der Waals surface area contributed by atoms with E-state index in [-0.39, 0.29) is 5.91 Å². The average Bonchev–Trinajstić information content (AvgIpc) is 2.18. The summed E-state index contributed by atoms with van der Waals surface area (Å²) in [6.45, 7) is 3.66. The third-order valence-corrected chi connectivity index (χ3v) is 3.41. The topological polar surface area (TPSA) is 32.3 Å². The predicted molar refractivity (Wildman–Crippen MR) is 67.6 cm³/mol. The number of carbonyl (C=O) groups is 1. The zero-order chi connectivity index (χ0) is 12.1. The monoisotopic (exact) mass is 258 g/mol. The molecule has 0 aromatic heterocycles. The minimum absolute atomic E-state index is 0.00149. The number of fused-ring (bicyclic) bond motifs is 1. The Balaban J connectivity index is 2.60. The van der Waals surface area contributed by atoms with Gasteiger partial charge in [0.15, 0.2) is 0 Å². The lowest BCUT2D eigenvalue weighted by Gasteiger charge is -2.38. The van der Waals surface area contributed by atoms with Gasteiger partial charge in [-0.2, -0.15) is 0 Å². The maximum Gasteiger partial charge on any atom is 0.251 e. The van der Waals surface area contributed by atoms with Gasteiger partial charge in [0.2, 0.25) is 0 Å². The number of hydrogen-bond donors (Lipinski definition) is 1. The Bertz CT molecular complexity index is 471. The van der Waals surface area contributed by atoms with E-state index in [4.69, 9.17) is 23.2 Å². The van der Waals surface area contributed by atoms with Crippen molar-refractivity contribution in [3.05, 3.63) is 22.2 Å². The Morgan fingerprint density at radius 1 is 1.25 bits per heavy atom. The summed E-state index contributed by atoms with van der Waals surface area (Å²) in [6.07, 6.45) is 0. The summed E-state index contributed by atoms with van der Waals surface area (Å²) in [5.41, 5.74) is 0.944. The first-order chi connectivity index (χ1) is 7.33. The van der Waals surface area contributed by atoms with Crippen molar-refractivity contribution in [2.24, 2.45) is 0 Å². The van der Waals surface area contributed by atoms with Crippen LogP contribution in [-0.4, -0.2) is 18.5 Å². The highest BCUT2D eigenvalue weighted by Crippen LogP contribution is 2.39. The van der Waals surface area contributed by atoms with Gasteiger partial charge in [-0.1, -0.05) is 23.2 Å². The second kappa shape index (κ2) is 3.54. The normalized spacial score (nSPS) is 18.1. The van der Waals surface area contributed by atoms with Crippen molar-refractivity contribution < 1.29 is 4.79 Å². The molecule has 3 nitrogen and oxygen atoms in total. The highest BCUT2D eigenvalue weighted by Gasteiger charge is 2.37. The molecule has 0 radical (unpaired) electrons. The summed E-state index contributed by atoms with van der Waals surface area (Å²) in [7, 11) is 1.73. The molecule has 0 saturated carbocycles. The number of anilines is 2. The summed E-state index contributed by atoms with van der Waals surface area (Å²) >= 11 is 11.9. The molecule has 1 aliphatic rings. The van der Waals surface area contributed by atoms with E-state index in [1.165, 1.54) is 0 Å². The molecular weight excluding hydrogens is 247 g/mol. The molecule has 2 rings (SSSR count). The molecule has 1 N–H and O–H groups in total. The Morgan fingerprint density at radius 2 is 1.81 bits per heavy atom. The van der Waals surface area contributed by atoms with Crippen molar-refractivity contribution >= 4 is 40.5 Å². The van der Waals surface area contributed by atoms with Crippen LogP contribution in [0.5, 0.6) is 0 Å². The van der Waals surface area contributed by atoms with E-state index in [1.807, 2.05) is 13.8 Å². The highest BCUT2D eigenvalue weighted by atomic mass is 35.5. The summed E-state index contributed by atoms with van der Waals surface area (Å²) in [5.74, 6) is -0.00149. The van der Waals surface area contributed by atoms with Crippen LogP contribution in [0.3, 0.4) is 0 Å². The first-order valence-corrected chi connectivity index (χ1v) is 5.64. The number of carbonyl (C=O) groups excluding carboxylic acids is 1. The van der Waals surface area contributed by atoms with Gasteiger partial charge in [0.05, 0.1) is 21.4 Å². The molecule has 1 heterocycles. The van der Waals surface area contributed by atoms with Crippen molar-refractivity contribution in [2.75, 3.05) is 17.3 Å². The van der Waals surface area contributed by atoms with E-state index >= 15 is 0 Å². The fraction of sp³-hybridized carbons (Fsp3) is 0.364. The molecular formula is C11H12Cl2N2O. The molecule has 0 spiro atoms. The van der Waals surface area contributed by atoms with E-state index in [0.29, 0.717) is 10.0 Å². The molecule has 0 aliphatic carbocycles. The minimum atomic E-state index is -0.626. The quantitative estimate of drug-likeness (QED) is 0.776. The molecule has 1 amide bonds. The predicted octanol–water partition coefficient (Wildman–Crippen LogP) is 3.16. The van der Waals surface area contributed by atoms with Crippen LogP contribution in [0, 0.1) is 0 Å². The molecule has 1 aromatic carbocycles. The number of nitrogens with zero attached hydrogens (tertiary/aromatic N) is 1. The van der Waals surface area contributed by atoms with Crippen molar-refractivity contribution in [3.63, 3.8) is 0 Å². The van der Waals surface area contributed by atoms with Gasteiger partial charge in [0.1, 0.15) is 5.54 Å². The van der Waals surface area contributed by atoms with Crippen LogP contribution in [0.1, 0.15) is 13.8 Å². The number of rotatable bonds is 0. The van der Waals surface area contributed by atoms with Crippen molar-refractivity contribution in [3.8, 4) is 0 Å². The zero-order valence-electron chi connectivity index (χ0n) is 9.27. The number of benzene rings is 1. The largest absolute Gasteiger partial charge is 0.370 e. The number of amides is 1. The van der Waals surface area contributed by atoms with E-state index in [1.54, 1.807) is 24.1 Å². The standard InChI is InChI=1S/C11H12Cl2N2O/c1-11(2)10(16)15(3)9-5-7(13)6(12)4-8(9)14-11/h4-5,14H,1-3H3. The Hall–Kier alpha value is -0.930. The van der Waals surface area contributed by atoms with E-state index in [0.717, 1.165) is 11.4 Å². The molecule has 16 heavy (non-hydrogen) atoms. The van der Waals surface area contributed by atoms with Crippen LogP contribution in [0.4, 0.5) is 11.4 Å². The summed E-state index contributed by atoms with van der Waals surface area (Å²) in [4.78, 5) is 13.6. The summed E-state index contributed by atoms with van der Waals surface area (Å²) < 4.78 is 0. The lowest BCUT2D eigenvalue weighted by molar-refractivity contribution is -0.121. The fourth-order valence-electron chi connectivity index (χ4n) is 1.83. The highest BCUT2D eigenvalue weighted by molar-refractivity contribution is 6.42. The van der Waals surface area contributed by atoms with Crippen LogP contribution in [0.25, 0.3) is 0 Å². The van der Waals surface area contributed by atoms with Crippen LogP contribution in [0.15, 0.2) is 12.1 Å². The number of hydrogen-bond acceptors (Lipinski definition) is 2. The van der Waals surface area contributed by atoms with Crippen LogP contribution in [0.2, 0.25) is 10.0 Å². The number of nitrogens with one attached hydrogen (secondary N) is 1. The van der Waals surface area contributed by atoms with Crippen molar-refractivity contribution in [1.29, 1.82) is 0 Å². The van der Waals surface area contributed by atoms with Gasteiger partial charge in [-0.3, -0.25) is 4.79 Å². The minimum Gasteiger partial charge on any atom is -0.370 e. The number of halogens is 2. The first kappa shape index (κ1) is 11.6. The average molecular weight is 259 g/mol. The lowest BCUT2D eigenvalue weighted by atomic mass is 9.99. The molecule has 5 heteroatoms. The summed E-state index contributed by atoms with van der Waals surface area (Å²) in [5, 5.41) is 4.07. The molecule has 0 bridgehead atoms. The Morgan fingerprint density at radius 3 is 2.44 bits per heavy atom. The maximum atomic E-state index is 12.0. The van der Waals surface area contributed by atoms with Gasteiger partial charge in [0, 0.05) is 7.05 Å². The Kier molecular flexibility index (Phi) is 2.55. The zero-order valence-corrected chi connectivity index (χ0v) is 10.8. The van der Waals surface area contributed by atoms with Gasteiger partial charge in [-0.05, 0) is 26.0 Å². The van der Waals surface area contributed by atoms with Crippen LogP contribution < -0.4 is 10.2 Å². The second-order valence-corrected chi connectivity index (χ2v) is 5.21. The SMILES string of the molecule is CN1C(=O)C(C)(C)Nc2cc(Cl)c(Cl)cc21. The molecule has 0 saturated heterocycles. The van der Waals surface area contributed by atoms with E-state index < -0.39 is 5.54 Å². The molecule has 86 valence electrons. The lowest BCUT2D eigenvalue weighted by Crippen LogP contribution is -2.52. The van der Waals surface area contributed by atoms with Crippen LogP contribution >= 0.6 is 23.2 Å². The van der Waals surface area contributed by atoms with Gasteiger partial charge in [0.25, 0.3) is 5.91 Å². The molecule has 1 aromatic rings. The molecule has 0 fully saturated rings. The fourth-order valence-corrected chi connectivity index (χ4v) is 2.15. The van der Waals surface area contributed by atoms with E-state index in [9.17, 15) is 4.79 Å². The van der Waals surface area contributed by atoms with Crippen molar-refractivity contribution in [1.82, 2.24) is 0 Å². The smallest absolute Gasteiger partial charge is 0.251 e. The Labute approximate surface area is 104 Å². The third kappa shape index (κ3) is 1.64. The molecule has 1 aliphatic heterocycles. The molecule has 0 unspecified atom stereocenters. The second-order valence-electron chi connectivity index (χ2n) is 4.40. The van der Waals surface area contributed by atoms with Gasteiger partial charge in [-0.15, -0.1) is 0 Å². The number of likely N-dealkylation sites (N-methyl/N-ethyl adjacent to an activating group) is 1. The maximum absolute atomic E-state index is 12.0. The molecule has 0 atom stereocenters. The third-order valence-electron chi connectivity index (χ3n) is 2.69. The van der Waals surface area contributed by atoms with Crippen molar-refractivity contribution in [2.45, 2.75) is 19.4 Å². The first-order valence-electron chi connectivity index (χ1n) is 4.88. The van der Waals surface area contributed by atoms with E-state index in [2.05, 4.69) is 5.32 Å².